The average Bonchev–Trinajstić information content (AvgIpc) is 2.08. The van der Waals surface area contributed by atoms with Crippen LogP contribution in [-0.4, -0.2) is 22.9 Å². The maximum Gasteiger partial charge on any atom is 0.0792 e. The van der Waals surface area contributed by atoms with Gasteiger partial charge in [-0.25, -0.2) is 0 Å². The smallest absolute Gasteiger partial charge is 0.0792 e. The molecule has 10 heavy (non-hydrogen) atoms. The van der Waals surface area contributed by atoms with Crippen molar-refractivity contribution < 1.29 is 9.84 Å². The highest BCUT2D eigenvalue weighted by molar-refractivity contribution is 5.09. The molecule has 0 aliphatic carbocycles. The Bertz CT molecular complexity index is 156. The van der Waals surface area contributed by atoms with E-state index in [9.17, 15) is 5.11 Å². The maximum absolute atomic E-state index is 9.64. The van der Waals surface area contributed by atoms with Crippen molar-refractivity contribution in [3.63, 3.8) is 0 Å². The molecule has 2 unspecified atom stereocenters. The van der Waals surface area contributed by atoms with Crippen molar-refractivity contribution in [3.05, 3.63) is 12.2 Å². The summed E-state index contributed by atoms with van der Waals surface area (Å²) in [6.07, 6.45) is 5.95. The van der Waals surface area contributed by atoms with Crippen LogP contribution in [0.15, 0.2) is 12.2 Å². The first kappa shape index (κ1) is 6.38. The molecule has 0 aromatic heterocycles. The van der Waals surface area contributed by atoms with Gasteiger partial charge in [0.15, 0.2) is 0 Å². The lowest BCUT2D eigenvalue weighted by molar-refractivity contribution is -0.0923. The van der Waals surface area contributed by atoms with Crippen LogP contribution in [0, 0.1) is 0 Å². The third-order valence-electron chi connectivity index (χ3n) is 2.17. The third kappa shape index (κ3) is 0.976. The van der Waals surface area contributed by atoms with E-state index in [1.807, 2.05) is 19.1 Å². The molecule has 1 saturated heterocycles. The predicted octanol–water partition coefficient (Wildman–Crippen LogP) is 0.855. The van der Waals surface area contributed by atoms with Crippen molar-refractivity contribution in [3.8, 4) is 0 Å². The maximum atomic E-state index is 9.64. The summed E-state index contributed by atoms with van der Waals surface area (Å²) in [4.78, 5) is 0. The van der Waals surface area contributed by atoms with Gasteiger partial charge in [-0.1, -0.05) is 12.2 Å². The Morgan fingerprint density at radius 3 is 2.40 bits per heavy atom. The van der Waals surface area contributed by atoms with Gasteiger partial charge in [0, 0.05) is 12.8 Å². The fraction of sp³-hybridized carbons (Fsp3) is 0.750. The van der Waals surface area contributed by atoms with E-state index >= 15 is 0 Å². The van der Waals surface area contributed by atoms with Crippen molar-refractivity contribution in [1.82, 2.24) is 0 Å². The molecule has 0 amide bonds. The molecule has 2 aliphatic heterocycles. The first-order chi connectivity index (χ1) is 4.66. The lowest BCUT2D eigenvalue weighted by atomic mass is 9.92. The van der Waals surface area contributed by atoms with E-state index in [1.165, 1.54) is 0 Å². The predicted molar refractivity (Wildman–Crippen MR) is 37.7 cm³/mol. The van der Waals surface area contributed by atoms with Crippen molar-refractivity contribution in [2.75, 3.05) is 0 Å². The standard InChI is InChI=1S/C8H12O2/c1-8(9)4-6-2-3-7(5-8)10-6/h2-3,6-7,9H,4-5H2,1H3/t6-,7?,8?/m1/s1. The molecule has 2 nitrogen and oxygen atoms in total. The van der Waals surface area contributed by atoms with Crippen LogP contribution in [0.3, 0.4) is 0 Å². The largest absolute Gasteiger partial charge is 0.390 e. The van der Waals surface area contributed by atoms with Crippen LogP contribution in [0.2, 0.25) is 0 Å². The summed E-state index contributed by atoms with van der Waals surface area (Å²) >= 11 is 0. The molecule has 2 aliphatic rings. The second kappa shape index (κ2) is 1.83. The molecule has 3 atom stereocenters. The molecule has 56 valence electrons. The second-order valence-corrected chi connectivity index (χ2v) is 3.50. The first-order valence-electron chi connectivity index (χ1n) is 3.72. The average molecular weight is 140 g/mol. The minimum Gasteiger partial charge on any atom is -0.390 e. The summed E-state index contributed by atoms with van der Waals surface area (Å²) in [6.45, 7) is 1.88. The summed E-state index contributed by atoms with van der Waals surface area (Å²) in [6, 6.07) is 0. The highest BCUT2D eigenvalue weighted by Gasteiger charge is 2.37. The number of aliphatic hydroxyl groups is 1. The Morgan fingerprint density at radius 2 is 1.90 bits per heavy atom. The summed E-state index contributed by atoms with van der Waals surface area (Å²) in [7, 11) is 0. The van der Waals surface area contributed by atoms with E-state index in [1.54, 1.807) is 0 Å². The zero-order valence-electron chi connectivity index (χ0n) is 6.08. The van der Waals surface area contributed by atoms with Gasteiger partial charge in [-0.05, 0) is 6.92 Å². The molecule has 2 heterocycles. The Balaban J connectivity index is 2.15. The lowest BCUT2D eigenvalue weighted by Crippen LogP contribution is -2.38. The molecular formula is C8H12O2. The van der Waals surface area contributed by atoms with Crippen LogP contribution in [0.5, 0.6) is 0 Å². The van der Waals surface area contributed by atoms with Gasteiger partial charge in [0.2, 0.25) is 0 Å². The number of hydrogen-bond acceptors (Lipinski definition) is 2. The molecule has 2 rings (SSSR count). The van der Waals surface area contributed by atoms with E-state index < -0.39 is 5.60 Å². The van der Waals surface area contributed by atoms with Crippen LogP contribution in [0.25, 0.3) is 0 Å². The van der Waals surface area contributed by atoms with Crippen LogP contribution in [0.4, 0.5) is 0 Å². The fourth-order valence-corrected chi connectivity index (χ4v) is 1.75. The number of ether oxygens (including phenoxy) is 1. The van der Waals surface area contributed by atoms with E-state index in [0.717, 1.165) is 12.8 Å². The van der Waals surface area contributed by atoms with Crippen LogP contribution in [0.1, 0.15) is 19.8 Å². The van der Waals surface area contributed by atoms with Crippen molar-refractivity contribution in [1.29, 1.82) is 0 Å². The highest BCUT2D eigenvalue weighted by Crippen LogP contribution is 2.33. The van der Waals surface area contributed by atoms with Gasteiger partial charge < -0.3 is 9.84 Å². The molecule has 1 N–H and O–H groups in total. The van der Waals surface area contributed by atoms with Gasteiger partial charge >= 0.3 is 0 Å². The molecule has 0 saturated carbocycles. The topological polar surface area (TPSA) is 29.5 Å². The highest BCUT2D eigenvalue weighted by atomic mass is 16.5. The number of rotatable bonds is 0. The Labute approximate surface area is 60.5 Å². The molecule has 2 heteroatoms. The summed E-state index contributed by atoms with van der Waals surface area (Å²) in [5.41, 5.74) is -0.503. The van der Waals surface area contributed by atoms with E-state index in [0.29, 0.717) is 0 Å². The van der Waals surface area contributed by atoms with Gasteiger partial charge in [-0.2, -0.15) is 0 Å². The quantitative estimate of drug-likeness (QED) is 0.505. The van der Waals surface area contributed by atoms with Crippen molar-refractivity contribution >= 4 is 0 Å². The molecule has 0 radical (unpaired) electrons. The monoisotopic (exact) mass is 140 g/mol. The molecule has 2 bridgehead atoms. The number of fused-ring (bicyclic) bond motifs is 2. The van der Waals surface area contributed by atoms with Crippen LogP contribution < -0.4 is 0 Å². The van der Waals surface area contributed by atoms with E-state index in [4.69, 9.17) is 4.74 Å². The summed E-state index contributed by atoms with van der Waals surface area (Å²) in [5.74, 6) is 0. The molecule has 0 aromatic carbocycles. The van der Waals surface area contributed by atoms with E-state index in [2.05, 4.69) is 0 Å². The summed E-state index contributed by atoms with van der Waals surface area (Å²) < 4.78 is 5.46. The minimum absolute atomic E-state index is 0.175. The van der Waals surface area contributed by atoms with E-state index in [-0.39, 0.29) is 12.2 Å². The molecular weight excluding hydrogens is 128 g/mol. The minimum atomic E-state index is -0.503. The Hall–Kier alpha value is -0.340. The van der Waals surface area contributed by atoms with Gasteiger partial charge in [0.25, 0.3) is 0 Å². The molecule has 0 aromatic rings. The second-order valence-electron chi connectivity index (χ2n) is 3.50. The van der Waals surface area contributed by atoms with Crippen molar-refractivity contribution in [2.24, 2.45) is 0 Å². The van der Waals surface area contributed by atoms with Gasteiger partial charge in [0.05, 0.1) is 17.8 Å². The first-order valence-corrected chi connectivity index (χ1v) is 3.72. The van der Waals surface area contributed by atoms with Gasteiger partial charge in [-0.15, -0.1) is 0 Å². The zero-order valence-corrected chi connectivity index (χ0v) is 6.08. The van der Waals surface area contributed by atoms with Crippen LogP contribution >= 0.6 is 0 Å². The Morgan fingerprint density at radius 1 is 1.40 bits per heavy atom. The third-order valence-corrected chi connectivity index (χ3v) is 2.17. The van der Waals surface area contributed by atoms with Crippen LogP contribution in [-0.2, 0) is 4.74 Å². The fourth-order valence-electron chi connectivity index (χ4n) is 1.75. The molecule has 1 fully saturated rings. The normalized spacial score (nSPS) is 51.8. The van der Waals surface area contributed by atoms with Crippen molar-refractivity contribution in [2.45, 2.75) is 37.6 Å². The summed E-state index contributed by atoms with van der Waals surface area (Å²) in [5, 5.41) is 9.64. The zero-order chi connectivity index (χ0) is 7.19. The SMILES string of the molecule is CC1(O)CC2C=C[C@H](C1)O2. The van der Waals surface area contributed by atoms with Gasteiger partial charge in [-0.3, -0.25) is 0 Å². The number of hydrogen-bond donors (Lipinski definition) is 1. The molecule has 0 spiro atoms. The van der Waals surface area contributed by atoms with Gasteiger partial charge in [0.1, 0.15) is 0 Å². The lowest BCUT2D eigenvalue weighted by Gasteiger charge is -2.33. The Kier molecular flexibility index (Phi) is 1.17.